The number of hydrogen-bond acceptors (Lipinski definition) is 6. The first kappa shape index (κ1) is 21.6. The van der Waals surface area contributed by atoms with Crippen LogP contribution in [-0.4, -0.2) is 60.8 Å². The van der Waals surface area contributed by atoms with Crippen molar-refractivity contribution < 1.29 is 19.1 Å². The van der Waals surface area contributed by atoms with Crippen molar-refractivity contribution in [2.75, 3.05) is 32.1 Å². The Morgan fingerprint density at radius 2 is 1.85 bits per heavy atom. The number of pyridine rings is 1. The smallest absolute Gasteiger partial charge is 0.410 e. The molecular weight excluding hydrogens is 393 g/mol. The van der Waals surface area contributed by atoms with Gasteiger partial charge in [-0.3, -0.25) is 0 Å². The molecule has 2 rings (SSSR count). The molecule has 0 bridgehead atoms. The molecule has 1 aromatic heterocycles. The minimum absolute atomic E-state index is 0.0142. The first-order valence-electron chi connectivity index (χ1n) is 8.68. The molecule has 1 fully saturated rings. The third kappa shape index (κ3) is 5.39. The number of piperidine rings is 1. The van der Waals surface area contributed by atoms with Crippen molar-refractivity contribution in [3.05, 3.63) is 21.9 Å². The SMILES string of the molecule is COC(=O)c1nc(Cl)cc(N(C)C2CCN(C(=O)OC(C)(C)C)CC2)c1Cl. The highest BCUT2D eigenvalue weighted by Crippen LogP contribution is 2.33. The van der Waals surface area contributed by atoms with Crippen LogP contribution in [0.15, 0.2) is 6.07 Å². The molecule has 1 saturated heterocycles. The number of likely N-dealkylation sites (tertiary alicyclic amines) is 1. The second-order valence-corrected chi connectivity index (χ2v) is 8.19. The Hall–Kier alpha value is -1.73. The number of anilines is 1. The van der Waals surface area contributed by atoms with Gasteiger partial charge in [0, 0.05) is 32.2 Å². The Kier molecular flexibility index (Phi) is 6.81. The van der Waals surface area contributed by atoms with E-state index in [4.69, 9.17) is 32.7 Å². The average Bonchev–Trinajstić information content (AvgIpc) is 2.60. The molecular formula is C18H25Cl2N3O4. The van der Waals surface area contributed by atoms with Gasteiger partial charge in [-0.1, -0.05) is 23.2 Å². The Morgan fingerprint density at radius 1 is 1.26 bits per heavy atom. The lowest BCUT2D eigenvalue weighted by atomic mass is 10.0. The molecule has 9 heteroatoms. The summed E-state index contributed by atoms with van der Waals surface area (Å²) in [6.07, 6.45) is 1.17. The van der Waals surface area contributed by atoms with Crippen LogP contribution in [0.2, 0.25) is 10.2 Å². The number of ether oxygens (including phenoxy) is 2. The molecule has 0 unspecified atom stereocenters. The minimum atomic E-state index is -0.642. The van der Waals surface area contributed by atoms with Crippen molar-refractivity contribution in [1.29, 1.82) is 0 Å². The molecule has 0 radical (unpaired) electrons. The highest BCUT2D eigenvalue weighted by atomic mass is 35.5. The summed E-state index contributed by atoms with van der Waals surface area (Å²) in [4.78, 5) is 31.7. The summed E-state index contributed by atoms with van der Waals surface area (Å²) in [6, 6.07) is 1.75. The van der Waals surface area contributed by atoms with Crippen LogP contribution in [0.4, 0.5) is 10.5 Å². The maximum atomic E-state index is 12.2. The Bertz CT molecular complexity index is 713. The van der Waals surface area contributed by atoms with Gasteiger partial charge in [-0.25, -0.2) is 14.6 Å². The van der Waals surface area contributed by atoms with E-state index >= 15 is 0 Å². The molecule has 1 aliphatic rings. The Balaban J connectivity index is 2.10. The summed E-state index contributed by atoms with van der Waals surface area (Å²) < 4.78 is 10.1. The third-order valence-corrected chi connectivity index (χ3v) is 4.90. The molecule has 0 atom stereocenters. The number of aromatic nitrogens is 1. The van der Waals surface area contributed by atoms with Gasteiger partial charge in [0.25, 0.3) is 0 Å². The number of hydrogen-bond donors (Lipinski definition) is 0. The molecule has 1 aliphatic heterocycles. The van der Waals surface area contributed by atoms with E-state index in [1.807, 2.05) is 32.7 Å². The second kappa shape index (κ2) is 8.52. The molecule has 0 saturated carbocycles. The zero-order valence-corrected chi connectivity index (χ0v) is 17.7. The molecule has 150 valence electrons. The fourth-order valence-corrected chi connectivity index (χ4v) is 3.43. The predicted molar refractivity (Wildman–Crippen MR) is 105 cm³/mol. The number of carbonyl (C=O) groups is 2. The fraction of sp³-hybridized carbons (Fsp3) is 0.611. The van der Waals surface area contributed by atoms with Crippen LogP contribution in [0.1, 0.15) is 44.1 Å². The summed E-state index contributed by atoms with van der Waals surface area (Å²) in [5.41, 5.74) is 0.0727. The van der Waals surface area contributed by atoms with Crippen molar-refractivity contribution in [1.82, 2.24) is 9.88 Å². The number of rotatable bonds is 3. The largest absolute Gasteiger partial charge is 0.464 e. The standard InChI is InChI=1S/C18H25Cl2N3O4/c1-18(2,3)27-17(25)23-8-6-11(7-9-23)22(4)12-10-13(19)21-15(14(12)20)16(24)26-5/h10-11H,6-9H2,1-5H3. The molecule has 0 aliphatic carbocycles. The Labute approximate surface area is 169 Å². The maximum Gasteiger partial charge on any atom is 0.410 e. The van der Waals surface area contributed by atoms with Gasteiger partial charge in [0.1, 0.15) is 10.8 Å². The zero-order valence-electron chi connectivity index (χ0n) is 16.2. The Morgan fingerprint density at radius 3 is 2.37 bits per heavy atom. The monoisotopic (exact) mass is 417 g/mol. The van der Waals surface area contributed by atoms with Crippen LogP contribution in [0.3, 0.4) is 0 Å². The van der Waals surface area contributed by atoms with E-state index in [9.17, 15) is 9.59 Å². The minimum Gasteiger partial charge on any atom is -0.464 e. The molecule has 27 heavy (non-hydrogen) atoms. The number of halogens is 2. The van der Waals surface area contributed by atoms with Crippen LogP contribution < -0.4 is 4.90 Å². The van der Waals surface area contributed by atoms with Crippen molar-refractivity contribution in [3.63, 3.8) is 0 Å². The van der Waals surface area contributed by atoms with Crippen LogP contribution in [-0.2, 0) is 9.47 Å². The number of amides is 1. The fourth-order valence-electron chi connectivity index (χ4n) is 2.93. The predicted octanol–water partition coefficient (Wildman–Crippen LogP) is 4.01. The van der Waals surface area contributed by atoms with E-state index < -0.39 is 11.6 Å². The van der Waals surface area contributed by atoms with Gasteiger partial charge in [-0.15, -0.1) is 0 Å². The summed E-state index contributed by atoms with van der Waals surface area (Å²) in [6.45, 7) is 6.69. The van der Waals surface area contributed by atoms with Gasteiger partial charge in [0.05, 0.1) is 17.8 Å². The highest BCUT2D eigenvalue weighted by Gasteiger charge is 2.30. The number of carbonyl (C=O) groups excluding carboxylic acids is 2. The average molecular weight is 418 g/mol. The molecule has 0 spiro atoms. The maximum absolute atomic E-state index is 12.2. The number of methoxy groups -OCH3 is 1. The van der Waals surface area contributed by atoms with E-state index in [2.05, 4.69) is 4.98 Å². The van der Waals surface area contributed by atoms with E-state index in [-0.39, 0.29) is 28.0 Å². The van der Waals surface area contributed by atoms with Crippen LogP contribution >= 0.6 is 23.2 Å². The lowest BCUT2D eigenvalue weighted by molar-refractivity contribution is 0.0205. The van der Waals surface area contributed by atoms with Crippen LogP contribution in [0.5, 0.6) is 0 Å². The first-order chi connectivity index (χ1) is 12.5. The van der Waals surface area contributed by atoms with E-state index in [1.165, 1.54) is 7.11 Å². The van der Waals surface area contributed by atoms with Crippen LogP contribution in [0, 0.1) is 0 Å². The van der Waals surface area contributed by atoms with Gasteiger partial charge in [0.2, 0.25) is 0 Å². The van der Waals surface area contributed by atoms with Gasteiger partial charge in [-0.05, 0) is 33.6 Å². The highest BCUT2D eigenvalue weighted by molar-refractivity contribution is 6.37. The molecule has 1 amide bonds. The third-order valence-electron chi connectivity index (χ3n) is 4.33. The number of nitrogens with zero attached hydrogens (tertiary/aromatic N) is 3. The first-order valence-corrected chi connectivity index (χ1v) is 9.44. The van der Waals surface area contributed by atoms with Gasteiger partial charge in [-0.2, -0.15) is 0 Å². The van der Waals surface area contributed by atoms with Crippen molar-refractivity contribution >= 4 is 41.0 Å². The molecule has 0 aromatic carbocycles. The second-order valence-electron chi connectivity index (χ2n) is 7.43. The van der Waals surface area contributed by atoms with Crippen molar-refractivity contribution in [2.24, 2.45) is 0 Å². The summed E-state index contributed by atoms with van der Waals surface area (Å²) in [5.74, 6) is -0.642. The molecule has 0 N–H and O–H groups in total. The topological polar surface area (TPSA) is 72.0 Å². The lowest BCUT2D eigenvalue weighted by Gasteiger charge is -2.38. The van der Waals surface area contributed by atoms with Crippen molar-refractivity contribution in [2.45, 2.75) is 45.3 Å². The van der Waals surface area contributed by atoms with Crippen LogP contribution in [0.25, 0.3) is 0 Å². The van der Waals surface area contributed by atoms with Crippen molar-refractivity contribution in [3.8, 4) is 0 Å². The number of esters is 1. The quantitative estimate of drug-likeness (QED) is 0.546. The van der Waals surface area contributed by atoms with Gasteiger partial charge in [0.15, 0.2) is 5.69 Å². The molecule has 7 nitrogen and oxygen atoms in total. The van der Waals surface area contributed by atoms with Gasteiger partial charge < -0.3 is 19.3 Å². The summed E-state index contributed by atoms with van der Waals surface area (Å²) >= 11 is 12.4. The zero-order chi connectivity index (χ0) is 20.4. The normalized spacial score (nSPS) is 15.4. The lowest BCUT2D eigenvalue weighted by Crippen LogP contribution is -2.47. The molecule has 2 heterocycles. The summed E-state index contributed by atoms with van der Waals surface area (Å²) in [5, 5.41) is 0.358. The molecule has 1 aromatic rings. The van der Waals surface area contributed by atoms with E-state index in [1.54, 1.807) is 11.0 Å². The van der Waals surface area contributed by atoms with Gasteiger partial charge >= 0.3 is 12.1 Å². The van der Waals surface area contributed by atoms with E-state index in [0.29, 0.717) is 18.8 Å². The van der Waals surface area contributed by atoms with E-state index in [0.717, 1.165) is 12.8 Å². The summed E-state index contributed by atoms with van der Waals surface area (Å²) in [7, 11) is 3.14.